The summed E-state index contributed by atoms with van der Waals surface area (Å²) in [6.45, 7) is 0. The second kappa shape index (κ2) is 5.63. The van der Waals surface area contributed by atoms with Gasteiger partial charge in [-0.3, -0.25) is 4.79 Å². The number of nitrogens with one attached hydrogen (secondary N) is 1. The molecule has 0 heterocycles. The quantitative estimate of drug-likeness (QED) is 0.807. The van der Waals surface area contributed by atoms with Crippen LogP contribution in [0.1, 0.15) is 20.7 Å². The van der Waals surface area contributed by atoms with E-state index in [0.29, 0.717) is 16.4 Å². The molecular weight excluding hydrogens is 280 g/mol. The van der Waals surface area contributed by atoms with Crippen LogP contribution in [0, 0.1) is 0 Å². The minimum Gasteiger partial charge on any atom is -0.478 e. The van der Waals surface area contributed by atoms with Gasteiger partial charge in [0.15, 0.2) is 0 Å². The number of benzene rings is 2. The number of carbonyl (C=O) groups excluding carboxylic acids is 1. The summed E-state index contributed by atoms with van der Waals surface area (Å²) >= 11 is 5.88. The average molecular weight is 291 g/mol. The summed E-state index contributed by atoms with van der Waals surface area (Å²) in [4.78, 5) is 22.3. The maximum Gasteiger partial charge on any atom is 0.335 e. The van der Waals surface area contributed by atoms with Crippen LogP contribution in [-0.4, -0.2) is 17.0 Å². The lowest BCUT2D eigenvalue weighted by atomic mass is 10.1. The normalized spacial score (nSPS) is 10.1. The molecule has 0 saturated heterocycles. The van der Waals surface area contributed by atoms with Gasteiger partial charge in [0.2, 0.25) is 0 Å². The largest absolute Gasteiger partial charge is 0.478 e. The van der Waals surface area contributed by atoms with Crippen LogP contribution in [0.15, 0.2) is 42.5 Å². The molecule has 20 heavy (non-hydrogen) atoms. The fourth-order valence-corrected chi connectivity index (χ4v) is 1.89. The average Bonchev–Trinajstić information content (AvgIpc) is 2.38. The molecule has 1 amide bonds. The van der Waals surface area contributed by atoms with Gasteiger partial charge in [-0.1, -0.05) is 17.7 Å². The zero-order chi connectivity index (χ0) is 14.7. The Morgan fingerprint density at radius 1 is 1.15 bits per heavy atom. The summed E-state index contributed by atoms with van der Waals surface area (Å²) in [6.07, 6.45) is 0. The highest BCUT2D eigenvalue weighted by atomic mass is 35.5. The number of carboxylic acid groups (broad SMARTS) is 1. The lowest BCUT2D eigenvalue weighted by Crippen LogP contribution is -2.13. The van der Waals surface area contributed by atoms with E-state index in [1.807, 2.05) is 0 Å². The van der Waals surface area contributed by atoms with E-state index in [1.165, 1.54) is 18.2 Å². The van der Waals surface area contributed by atoms with Crippen molar-refractivity contribution in [1.82, 2.24) is 0 Å². The molecule has 0 radical (unpaired) electrons. The molecule has 2 aromatic rings. The molecule has 0 aliphatic rings. The van der Waals surface area contributed by atoms with Crippen LogP contribution in [-0.2, 0) is 0 Å². The van der Waals surface area contributed by atoms with E-state index in [0.717, 1.165) is 0 Å². The van der Waals surface area contributed by atoms with Gasteiger partial charge in [0.25, 0.3) is 5.91 Å². The fourth-order valence-electron chi connectivity index (χ4n) is 1.72. The molecule has 0 aliphatic carbocycles. The van der Waals surface area contributed by atoms with Crippen molar-refractivity contribution in [2.24, 2.45) is 5.73 Å². The predicted octanol–water partition coefficient (Wildman–Crippen LogP) is 2.88. The van der Waals surface area contributed by atoms with Gasteiger partial charge < -0.3 is 16.2 Å². The van der Waals surface area contributed by atoms with E-state index in [-0.39, 0.29) is 11.1 Å². The molecule has 102 valence electrons. The second-order valence-electron chi connectivity index (χ2n) is 4.07. The number of carbonyl (C=O) groups is 2. The predicted molar refractivity (Wildman–Crippen MR) is 76.7 cm³/mol. The minimum absolute atomic E-state index is 0.137. The van der Waals surface area contributed by atoms with Gasteiger partial charge in [-0.05, 0) is 36.4 Å². The molecule has 6 heteroatoms. The number of hydrogen-bond donors (Lipinski definition) is 3. The molecule has 0 bridgehead atoms. The van der Waals surface area contributed by atoms with Gasteiger partial charge in [0.05, 0.1) is 16.8 Å². The van der Waals surface area contributed by atoms with Crippen molar-refractivity contribution in [3.8, 4) is 0 Å². The monoisotopic (exact) mass is 290 g/mol. The van der Waals surface area contributed by atoms with Crippen molar-refractivity contribution in [2.45, 2.75) is 0 Å². The van der Waals surface area contributed by atoms with Crippen molar-refractivity contribution >= 4 is 34.9 Å². The summed E-state index contributed by atoms with van der Waals surface area (Å²) in [5.74, 6) is -1.63. The number of primary amides is 1. The number of hydrogen-bond acceptors (Lipinski definition) is 3. The van der Waals surface area contributed by atoms with Crippen LogP contribution >= 0.6 is 11.6 Å². The Morgan fingerprint density at radius 2 is 1.90 bits per heavy atom. The highest BCUT2D eigenvalue weighted by Crippen LogP contribution is 2.25. The third-order valence-corrected chi connectivity index (χ3v) is 2.87. The number of anilines is 2. The molecule has 5 nitrogen and oxygen atoms in total. The fraction of sp³-hybridized carbons (Fsp3) is 0. The summed E-state index contributed by atoms with van der Waals surface area (Å²) in [5, 5.41) is 12.3. The number of aromatic carboxylic acids is 1. The van der Waals surface area contributed by atoms with E-state index in [1.54, 1.807) is 24.3 Å². The van der Waals surface area contributed by atoms with Crippen LogP contribution in [0.25, 0.3) is 0 Å². The molecule has 0 atom stereocenters. The van der Waals surface area contributed by atoms with Gasteiger partial charge >= 0.3 is 5.97 Å². The van der Waals surface area contributed by atoms with Gasteiger partial charge in [-0.25, -0.2) is 4.79 Å². The van der Waals surface area contributed by atoms with Crippen LogP contribution in [0.4, 0.5) is 11.4 Å². The summed E-state index contributed by atoms with van der Waals surface area (Å²) < 4.78 is 0. The van der Waals surface area contributed by atoms with Crippen molar-refractivity contribution in [1.29, 1.82) is 0 Å². The number of carboxylic acids is 1. The Morgan fingerprint density at radius 3 is 2.55 bits per heavy atom. The molecule has 0 spiro atoms. The Balaban J connectivity index is 2.39. The van der Waals surface area contributed by atoms with Crippen molar-refractivity contribution in [3.63, 3.8) is 0 Å². The number of nitrogens with two attached hydrogens (primary N) is 1. The second-order valence-corrected chi connectivity index (χ2v) is 4.50. The highest BCUT2D eigenvalue weighted by molar-refractivity contribution is 6.31. The number of amides is 1. The maximum absolute atomic E-state index is 11.3. The van der Waals surface area contributed by atoms with E-state index in [2.05, 4.69) is 5.32 Å². The van der Waals surface area contributed by atoms with Gasteiger partial charge in [-0.15, -0.1) is 0 Å². The first-order valence-electron chi connectivity index (χ1n) is 5.67. The van der Waals surface area contributed by atoms with Crippen molar-refractivity contribution < 1.29 is 14.7 Å². The summed E-state index contributed by atoms with van der Waals surface area (Å²) in [7, 11) is 0. The summed E-state index contributed by atoms with van der Waals surface area (Å²) in [6, 6.07) is 10.8. The third-order valence-electron chi connectivity index (χ3n) is 2.64. The Hall–Kier alpha value is -2.53. The van der Waals surface area contributed by atoms with E-state index >= 15 is 0 Å². The summed E-state index contributed by atoms with van der Waals surface area (Å²) in [5.41, 5.74) is 6.64. The zero-order valence-corrected chi connectivity index (χ0v) is 11.0. The first-order chi connectivity index (χ1) is 9.47. The molecule has 0 aromatic heterocycles. The van der Waals surface area contributed by atoms with E-state index < -0.39 is 11.9 Å². The molecular formula is C14H11ClN2O3. The minimum atomic E-state index is -1.03. The Bertz CT molecular complexity index is 686. The third kappa shape index (κ3) is 3.07. The molecule has 0 saturated carbocycles. The molecule has 0 aliphatic heterocycles. The topological polar surface area (TPSA) is 92.4 Å². The standard InChI is InChI=1S/C14H11ClN2O3/c15-9-4-5-11(13(16)18)12(7-9)17-10-3-1-2-8(6-10)14(19)20/h1-7,17H,(H2,16,18)(H,19,20). The van der Waals surface area contributed by atoms with E-state index in [9.17, 15) is 9.59 Å². The van der Waals surface area contributed by atoms with Gasteiger partial charge in [0, 0.05) is 10.7 Å². The van der Waals surface area contributed by atoms with Crippen LogP contribution in [0.3, 0.4) is 0 Å². The van der Waals surface area contributed by atoms with Gasteiger partial charge in [0.1, 0.15) is 0 Å². The number of halogens is 1. The Kier molecular flexibility index (Phi) is 3.91. The maximum atomic E-state index is 11.3. The molecule has 2 rings (SSSR count). The van der Waals surface area contributed by atoms with Crippen LogP contribution in [0.5, 0.6) is 0 Å². The first kappa shape index (κ1) is 13.9. The molecule has 4 N–H and O–H groups in total. The lowest BCUT2D eigenvalue weighted by molar-refractivity contribution is 0.0696. The zero-order valence-electron chi connectivity index (χ0n) is 10.3. The first-order valence-corrected chi connectivity index (χ1v) is 6.05. The van der Waals surface area contributed by atoms with Gasteiger partial charge in [-0.2, -0.15) is 0 Å². The van der Waals surface area contributed by atoms with E-state index in [4.69, 9.17) is 22.4 Å². The molecule has 0 fully saturated rings. The van der Waals surface area contributed by atoms with Crippen molar-refractivity contribution in [3.05, 3.63) is 58.6 Å². The smallest absolute Gasteiger partial charge is 0.335 e. The lowest BCUT2D eigenvalue weighted by Gasteiger charge is -2.11. The van der Waals surface area contributed by atoms with Crippen LogP contribution in [0.2, 0.25) is 5.02 Å². The Labute approximate surface area is 120 Å². The van der Waals surface area contributed by atoms with Crippen molar-refractivity contribution in [2.75, 3.05) is 5.32 Å². The molecule has 2 aromatic carbocycles. The van der Waals surface area contributed by atoms with Crippen LogP contribution < -0.4 is 11.1 Å². The SMILES string of the molecule is NC(=O)c1ccc(Cl)cc1Nc1cccc(C(=O)O)c1. The highest BCUT2D eigenvalue weighted by Gasteiger charge is 2.10. The number of rotatable bonds is 4. The molecule has 0 unspecified atom stereocenters.